The molecule has 1 amide bonds. The molecule has 3 aromatic rings. The van der Waals surface area contributed by atoms with Gasteiger partial charge in [0, 0.05) is 12.2 Å². The van der Waals surface area contributed by atoms with E-state index in [1.807, 2.05) is 35.8 Å². The van der Waals surface area contributed by atoms with Gasteiger partial charge in [-0.15, -0.1) is 0 Å². The maximum Gasteiger partial charge on any atom is 0.238 e. The van der Waals surface area contributed by atoms with Gasteiger partial charge in [0.1, 0.15) is 0 Å². The summed E-state index contributed by atoms with van der Waals surface area (Å²) in [5, 5.41) is 8.61. The average Bonchev–Trinajstić information content (AvgIpc) is 3.09. The van der Waals surface area contributed by atoms with Crippen molar-refractivity contribution in [3.8, 4) is 0 Å². The number of amides is 1. The molecule has 0 fully saturated rings. The van der Waals surface area contributed by atoms with Crippen molar-refractivity contribution >= 4 is 44.4 Å². The number of nitrogens with zero attached hydrogens (tertiary/aromatic N) is 2. The standard InChI is InChI=1S/C23H30N4O3S2/c1-5-13-27-21-12-11-17(32(24,29)30)14-20(21)26-23(27)31-16(4)22(28)25-19-10-8-7-9-18(19)15(3)6-2/h7-12,14-16H,5-6,13H2,1-4H3,(H,25,28)(H2,24,29,30)/t15-,16-/m1/s1. The predicted octanol–water partition coefficient (Wildman–Crippen LogP) is 4.73. The fraction of sp³-hybridized carbons (Fsp3) is 0.391. The fourth-order valence-electron chi connectivity index (χ4n) is 3.50. The molecule has 9 heteroatoms. The van der Waals surface area contributed by atoms with Gasteiger partial charge >= 0.3 is 0 Å². The number of para-hydroxylation sites is 1. The van der Waals surface area contributed by atoms with Crippen LogP contribution in [-0.2, 0) is 21.4 Å². The smallest absolute Gasteiger partial charge is 0.238 e. The Morgan fingerprint density at radius 1 is 1.19 bits per heavy atom. The molecule has 0 saturated carbocycles. The topological polar surface area (TPSA) is 107 Å². The SMILES string of the molecule is CCCn1c(S[C@H](C)C(=O)Nc2ccccc2[C@H](C)CC)nc2cc(S(N)(=O)=O)ccc21. The number of hydrogen-bond donors (Lipinski definition) is 2. The Labute approximate surface area is 193 Å². The Bertz CT molecular complexity index is 1220. The first-order chi connectivity index (χ1) is 15.2. The number of nitrogens with one attached hydrogen (secondary N) is 1. The summed E-state index contributed by atoms with van der Waals surface area (Å²) in [7, 11) is -3.81. The minimum absolute atomic E-state index is 0.0233. The highest BCUT2D eigenvalue weighted by Gasteiger charge is 2.21. The highest BCUT2D eigenvalue weighted by molar-refractivity contribution is 8.00. The Morgan fingerprint density at radius 3 is 2.56 bits per heavy atom. The van der Waals surface area contributed by atoms with Crippen molar-refractivity contribution < 1.29 is 13.2 Å². The lowest BCUT2D eigenvalue weighted by atomic mass is 9.97. The van der Waals surface area contributed by atoms with E-state index in [-0.39, 0.29) is 10.8 Å². The summed E-state index contributed by atoms with van der Waals surface area (Å²) < 4.78 is 25.5. The minimum Gasteiger partial charge on any atom is -0.325 e. The maximum atomic E-state index is 13.0. The van der Waals surface area contributed by atoms with Gasteiger partial charge in [0.15, 0.2) is 5.16 Å². The number of carbonyl (C=O) groups is 1. The molecule has 2 aromatic carbocycles. The summed E-state index contributed by atoms with van der Waals surface area (Å²) in [5.74, 6) is 0.238. The molecule has 2 atom stereocenters. The molecule has 3 N–H and O–H groups in total. The molecular formula is C23H30N4O3S2. The molecular weight excluding hydrogens is 444 g/mol. The number of hydrogen-bond acceptors (Lipinski definition) is 5. The van der Waals surface area contributed by atoms with Crippen LogP contribution >= 0.6 is 11.8 Å². The minimum atomic E-state index is -3.81. The maximum absolute atomic E-state index is 13.0. The van der Waals surface area contributed by atoms with Crippen molar-refractivity contribution in [2.24, 2.45) is 5.14 Å². The van der Waals surface area contributed by atoms with Gasteiger partial charge in [0.2, 0.25) is 15.9 Å². The van der Waals surface area contributed by atoms with Crippen LogP contribution in [0.3, 0.4) is 0 Å². The lowest BCUT2D eigenvalue weighted by Gasteiger charge is -2.18. The number of carbonyl (C=O) groups excluding carboxylic acids is 1. The summed E-state index contributed by atoms with van der Waals surface area (Å²) >= 11 is 1.36. The van der Waals surface area contributed by atoms with Crippen molar-refractivity contribution in [3.05, 3.63) is 48.0 Å². The van der Waals surface area contributed by atoms with Gasteiger partial charge in [0.05, 0.1) is 21.2 Å². The third-order valence-corrected chi connectivity index (χ3v) is 7.47. The summed E-state index contributed by atoms with van der Waals surface area (Å²) in [6.07, 6.45) is 1.86. The Kier molecular flexibility index (Phi) is 7.63. The summed E-state index contributed by atoms with van der Waals surface area (Å²) in [4.78, 5) is 17.6. The average molecular weight is 475 g/mol. The second-order valence-corrected chi connectivity index (χ2v) is 10.8. The van der Waals surface area contributed by atoms with Crippen LogP contribution in [0, 0.1) is 0 Å². The molecule has 0 spiro atoms. The van der Waals surface area contributed by atoms with Crippen molar-refractivity contribution in [2.45, 2.75) is 68.3 Å². The number of benzene rings is 2. The van der Waals surface area contributed by atoms with E-state index >= 15 is 0 Å². The molecule has 7 nitrogen and oxygen atoms in total. The number of aromatic nitrogens is 2. The first kappa shape index (κ1) is 24.3. The Hall–Kier alpha value is -2.36. The van der Waals surface area contributed by atoms with E-state index in [2.05, 4.69) is 31.1 Å². The van der Waals surface area contributed by atoms with Crippen LogP contribution in [0.1, 0.15) is 52.0 Å². The van der Waals surface area contributed by atoms with Crippen molar-refractivity contribution in [1.82, 2.24) is 9.55 Å². The lowest BCUT2D eigenvalue weighted by molar-refractivity contribution is -0.115. The van der Waals surface area contributed by atoms with Crippen molar-refractivity contribution in [2.75, 3.05) is 5.32 Å². The molecule has 0 unspecified atom stereocenters. The summed E-state index contributed by atoms with van der Waals surface area (Å²) in [6, 6.07) is 12.6. The quantitative estimate of drug-likeness (QED) is 0.436. The molecule has 0 bridgehead atoms. The molecule has 0 aliphatic heterocycles. The number of imidazole rings is 1. The molecule has 0 aliphatic rings. The van der Waals surface area contributed by atoms with Crippen LogP contribution in [0.5, 0.6) is 0 Å². The largest absolute Gasteiger partial charge is 0.325 e. The number of primary sulfonamides is 1. The zero-order valence-corrected chi connectivity index (χ0v) is 20.5. The first-order valence-corrected chi connectivity index (χ1v) is 13.2. The zero-order valence-electron chi connectivity index (χ0n) is 18.8. The Balaban J connectivity index is 1.87. The molecule has 0 radical (unpaired) electrons. The van der Waals surface area contributed by atoms with Crippen LogP contribution < -0.4 is 10.5 Å². The molecule has 3 rings (SSSR count). The van der Waals surface area contributed by atoms with Gasteiger partial charge in [-0.3, -0.25) is 4.79 Å². The predicted molar refractivity (Wildman–Crippen MR) is 130 cm³/mol. The normalized spacial score (nSPS) is 13.8. The number of sulfonamides is 1. The highest BCUT2D eigenvalue weighted by atomic mass is 32.2. The number of nitrogens with two attached hydrogens (primary N) is 1. The van der Waals surface area contributed by atoms with Gasteiger partial charge in [-0.25, -0.2) is 18.5 Å². The number of rotatable bonds is 9. The van der Waals surface area contributed by atoms with E-state index in [0.29, 0.717) is 23.1 Å². The van der Waals surface area contributed by atoms with Gasteiger partial charge in [-0.1, -0.05) is 50.7 Å². The number of fused-ring (bicyclic) bond motifs is 1. The third-order valence-electron chi connectivity index (χ3n) is 5.47. The van der Waals surface area contributed by atoms with Gasteiger partial charge < -0.3 is 9.88 Å². The second-order valence-electron chi connectivity index (χ2n) is 7.89. The van der Waals surface area contributed by atoms with Crippen LogP contribution in [0.4, 0.5) is 5.69 Å². The molecule has 32 heavy (non-hydrogen) atoms. The highest BCUT2D eigenvalue weighted by Crippen LogP contribution is 2.31. The molecule has 0 saturated heterocycles. The summed E-state index contributed by atoms with van der Waals surface area (Å²) in [6.45, 7) is 8.88. The first-order valence-electron chi connectivity index (χ1n) is 10.7. The van der Waals surface area contributed by atoms with Crippen LogP contribution in [0.15, 0.2) is 52.5 Å². The van der Waals surface area contributed by atoms with Gasteiger partial charge in [-0.05, 0) is 55.5 Å². The number of anilines is 1. The van der Waals surface area contributed by atoms with E-state index < -0.39 is 15.3 Å². The molecule has 1 aromatic heterocycles. The molecule has 172 valence electrons. The number of thioether (sulfide) groups is 1. The van der Waals surface area contributed by atoms with Gasteiger partial charge in [-0.2, -0.15) is 0 Å². The third kappa shape index (κ3) is 5.33. The van der Waals surface area contributed by atoms with E-state index in [1.54, 1.807) is 6.07 Å². The monoisotopic (exact) mass is 474 g/mol. The lowest BCUT2D eigenvalue weighted by Crippen LogP contribution is -2.23. The number of aryl methyl sites for hydroxylation is 1. The fourth-order valence-corrected chi connectivity index (χ4v) is 4.98. The van der Waals surface area contributed by atoms with E-state index in [4.69, 9.17) is 5.14 Å². The molecule has 1 heterocycles. The summed E-state index contributed by atoms with van der Waals surface area (Å²) in [5.41, 5.74) is 3.31. The van der Waals surface area contributed by atoms with Crippen molar-refractivity contribution in [1.29, 1.82) is 0 Å². The van der Waals surface area contributed by atoms with Crippen LogP contribution in [-0.4, -0.2) is 29.1 Å². The van der Waals surface area contributed by atoms with E-state index in [0.717, 1.165) is 29.6 Å². The Morgan fingerprint density at radius 2 is 1.91 bits per heavy atom. The second kappa shape index (κ2) is 10.1. The van der Waals surface area contributed by atoms with E-state index in [9.17, 15) is 13.2 Å². The molecule has 0 aliphatic carbocycles. The van der Waals surface area contributed by atoms with Gasteiger partial charge in [0.25, 0.3) is 0 Å². The van der Waals surface area contributed by atoms with Crippen LogP contribution in [0.25, 0.3) is 11.0 Å². The zero-order chi connectivity index (χ0) is 23.5. The van der Waals surface area contributed by atoms with Crippen LogP contribution in [0.2, 0.25) is 0 Å². The van der Waals surface area contributed by atoms with Crippen molar-refractivity contribution in [3.63, 3.8) is 0 Å². The van der Waals surface area contributed by atoms with E-state index in [1.165, 1.54) is 23.9 Å².